The van der Waals surface area contributed by atoms with Crippen LogP contribution in [0.15, 0.2) is 12.3 Å². The second-order valence-electron chi connectivity index (χ2n) is 4.93. The van der Waals surface area contributed by atoms with Crippen molar-refractivity contribution in [3.8, 4) is 0 Å². The SMILES string of the molecule is CCC1CCN(c2cc(C)ncc2CCl)CC1. The highest BCUT2D eigenvalue weighted by atomic mass is 35.5. The van der Waals surface area contributed by atoms with Gasteiger partial charge in [-0.3, -0.25) is 4.98 Å². The van der Waals surface area contributed by atoms with E-state index in [1.54, 1.807) is 0 Å². The third-order valence-electron chi connectivity index (χ3n) is 3.78. The van der Waals surface area contributed by atoms with Crippen LogP contribution < -0.4 is 4.90 Å². The Kier molecular flexibility index (Phi) is 4.27. The Labute approximate surface area is 109 Å². The molecule has 2 rings (SSSR count). The quantitative estimate of drug-likeness (QED) is 0.762. The van der Waals surface area contributed by atoms with Gasteiger partial charge in [0.25, 0.3) is 0 Å². The molecule has 1 saturated heterocycles. The van der Waals surface area contributed by atoms with E-state index < -0.39 is 0 Å². The fourth-order valence-corrected chi connectivity index (χ4v) is 2.76. The van der Waals surface area contributed by atoms with Crippen LogP contribution in [-0.4, -0.2) is 18.1 Å². The highest BCUT2D eigenvalue weighted by molar-refractivity contribution is 6.17. The van der Waals surface area contributed by atoms with Crippen LogP contribution in [0.25, 0.3) is 0 Å². The van der Waals surface area contributed by atoms with Gasteiger partial charge in [0.15, 0.2) is 0 Å². The zero-order valence-electron chi connectivity index (χ0n) is 10.7. The van der Waals surface area contributed by atoms with E-state index in [4.69, 9.17) is 11.6 Å². The molecule has 1 aliphatic heterocycles. The lowest BCUT2D eigenvalue weighted by molar-refractivity contribution is 0.395. The number of rotatable bonds is 3. The van der Waals surface area contributed by atoms with Gasteiger partial charge in [-0.2, -0.15) is 0 Å². The van der Waals surface area contributed by atoms with Crippen LogP contribution in [0, 0.1) is 12.8 Å². The second-order valence-corrected chi connectivity index (χ2v) is 5.19. The highest BCUT2D eigenvalue weighted by Crippen LogP contribution is 2.28. The molecule has 0 amide bonds. The summed E-state index contributed by atoms with van der Waals surface area (Å²) in [6.07, 6.45) is 5.84. The second kappa shape index (κ2) is 5.72. The third kappa shape index (κ3) is 2.92. The zero-order chi connectivity index (χ0) is 12.3. The number of anilines is 1. The van der Waals surface area contributed by atoms with Crippen molar-refractivity contribution in [3.63, 3.8) is 0 Å². The van der Waals surface area contributed by atoms with Crippen molar-refractivity contribution >= 4 is 17.3 Å². The summed E-state index contributed by atoms with van der Waals surface area (Å²) in [4.78, 5) is 6.80. The number of pyridine rings is 1. The number of hydrogen-bond acceptors (Lipinski definition) is 2. The standard InChI is InChI=1S/C14H21ClN2/c1-3-12-4-6-17(7-5-12)14-8-11(2)16-10-13(14)9-15/h8,10,12H,3-7,9H2,1-2H3. The monoisotopic (exact) mass is 252 g/mol. The maximum Gasteiger partial charge on any atom is 0.0509 e. The largest absolute Gasteiger partial charge is 0.371 e. The van der Waals surface area contributed by atoms with Gasteiger partial charge >= 0.3 is 0 Å². The zero-order valence-corrected chi connectivity index (χ0v) is 11.5. The first kappa shape index (κ1) is 12.7. The molecule has 1 aliphatic rings. The minimum atomic E-state index is 0.552. The lowest BCUT2D eigenvalue weighted by Crippen LogP contribution is -2.34. The Balaban J connectivity index is 2.14. The first-order valence-corrected chi connectivity index (χ1v) is 7.04. The van der Waals surface area contributed by atoms with Gasteiger partial charge in [-0.05, 0) is 31.7 Å². The number of aromatic nitrogens is 1. The molecule has 0 atom stereocenters. The lowest BCUT2D eigenvalue weighted by atomic mass is 9.94. The maximum atomic E-state index is 5.99. The lowest BCUT2D eigenvalue weighted by Gasteiger charge is -2.34. The molecule has 2 heterocycles. The average Bonchev–Trinajstić information content (AvgIpc) is 2.39. The van der Waals surface area contributed by atoms with Crippen molar-refractivity contribution in [2.75, 3.05) is 18.0 Å². The van der Waals surface area contributed by atoms with Gasteiger partial charge < -0.3 is 4.90 Å². The van der Waals surface area contributed by atoms with E-state index in [9.17, 15) is 0 Å². The number of halogens is 1. The Morgan fingerprint density at radius 3 is 2.71 bits per heavy atom. The molecule has 94 valence electrons. The van der Waals surface area contributed by atoms with Crippen molar-refractivity contribution in [2.45, 2.75) is 39.0 Å². The topological polar surface area (TPSA) is 16.1 Å². The van der Waals surface area contributed by atoms with Crippen LogP contribution >= 0.6 is 11.6 Å². The predicted octanol–water partition coefficient (Wildman–Crippen LogP) is 3.76. The van der Waals surface area contributed by atoms with E-state index in [-0.39, 0.29) is 0 Å². The van der Waals surface area contributed by atoms with Crippen LogP contribution in [-0.2, 0) is 5.88 Å². The molecule has 0 aromatic carbocycles. The van der Waals surface area contributed by atoms with Crippen molar-refractivity contribution in [3.05, 3.63) is 23.5 Å². The predicted molar refractivity (Wildman–Crippen MR) is 73.8 cm³/mol. The Morgan fingerprint density at radius 2 is 2.12 bits per heavy atom. The number of alkyl halides is 1. The van der Waals surface area contributed by atoms with Gasteiger partial charge in [0.1, 0.15) is 0 Å². The van der Waals surface area contributed by atoms with Gasteiger partial charge in [-0.1, -0.05) is 13.3 Å². The summed E-state index contributed by atoms with van der Waals surface area (Å²) < 4.78 is 0. The summed E-state index contributed by atoms with van der Waals surface area (Å²) in [5.41, 5.74) is 3.53. The number of piperidine rings is 1. The van der Waals surface area contributed by atoms with Crippen LogP contribution in [0.5, 0.6) is 0 Å². The van der Waals surface area contributed by atoms with Crippen LogP contribution in [0.4, 0.5) is 5.69 Å². The number of hydrogen-bond donors (Lipinski definition) is 0. The normalized spacial score (nSPS) is 17.5. The fourth-order valence-electron chi connectivity index (χ4n) is 2.55. The van der Waals surface area contributed by atoms with E-state index in [2.05, 4.69) is 22.9 Å². The average molecular weight is 253 g/mol. The molecule has 1 aromatic rings. The van der Waals surface area contributed by atoms with E-state index >= 15 is 0 Å². The number of aryl methyl sites for hydroxylation is 1. The van der Waals surface area contributed by atoms with Gasteiger partial charge in [0, 0.05) is 36.2 Å². The minimum absolute atomic E-state index is 0.552. The molecule has 1 fully saturated rings. The summed E-state index contributed by atoms with van der Waals surface area (Å²) >= 11 is 5.99. The molecular weight excluding hydrogens is 232 g/mol. The molecule has 0 N–H and O–H groups in total. The van der Waals surface area contributed by atoms with Gasteiger partial charge in [0.05, 0.1) is 5.88 Å². The van der Waals surface area contributed by atoms with Gasteiger partial charge in [0.2, 0.25) is 0 Å². The first-order chi connectivity index (χ1) is 8.24. The molecular formula is C14H21ClN2. The summed E-state index contributed by atoms with van der Waals surface area (Å²) in [7, 11) is 0. The van der Waals surface area contributed by atoms with Gasteiger partial charge in [-0.25, -0.2) is 0 Å². The summed E-state index contributed by atoms with van der Waals surface area (Å²) in [6, 6.07) is 2.17. The summed E-state index contributed by atoms with van der Waals surface area (Å²) in [5, 5.41) is 0. The molecule has 1 aromatic heterocycles. The van der Waals surface area contributed by atoms with Gasteiger partial charge in [-0.15, -0.1) is 11.6 Å². The van der Waals surface area contributed by atoms with Crippen molar-refractivity contribution in [1.82, 2.24) is 4.98 Å². The number of nitrogens with zero attached hydrogens (tertiary/aromatic N) is 2. The summed E-state index contributed by atoms with van der Waals surface area (Å²) in [6.45, 7) is 6.65. The Morgan fingerprint density at radius 1 is 1.41 bits per heavy atom. The molecule has 0 aliphatic carbocycles. The maximum absolute atomic E-state index is 5.99. The highest BCUT2D eigenvalue weighted by Gasteiger charge is 2.19. The molecule has 0 saturated carbocycles. The van der Waals surface area contributed by atoms with Crippen LogP contribution in [0.1, 0.15) is 37.4 Å². The molecule has 0 unspecified atom stereocenters. The fraction of sp³-hybridized carbons (Fsp3) is 0.643. The molecule has 0 spiro atoms. The molecule has 17 heavy (non-hydrogen) atoms. The summed E-state index contributed by atoms with van der Waals surface area (Å²) in [5.74, 6) is 1.46. The Bertz CT molecular complexity index is 370. The smallest absolute Gasteiger partial charge is 0.0509 e. The first-order valence-electron chi connectivity index (χ1n) is 6.51. The van der Waals surface area contributed by atoms with E-state index in [1.165, 1.54) is 24.9 Å². The Hall–Kier alpha value is -0.760. The van der Waals surface area contributed by atoms with Crippen molar-refractivity contribution in [2.24, 2.45) is 5.92 Å². The minimum Gasteiger partial charge on any atom is -0.371 e. The van der Waals surface area contributed by atoms with Crippen molar-refractivity contribution < 1.29 is 0 Å². The van der Waals surface area contributed by atoms with Crippen molar-refractivity contribution in [1.29, 1.82) is 0 Å². The van der Waals surface area contributed by atoms with E-state index in [1.807, 2.05) is 13.1 Å². The molecule has 3 heteroatoms. The third-order valence-corrected chi connectivity index (χ3v) is 4.06. The van der Waals surface area contributed by atoms with E-state index in [0.717, 1.165) is 30.3 Å². The molecule has 0 bridgehead atoms. The van der Waals surface area contributed by atoms with Crippen LogP contribution in [0.3, 0.4) is 0 Å². The van der Waals surface area contributed by atoms with E-state index in [0.29, 0.717) is 5.88 Å². The molecule has 0 radical (unpaired) electrons. The van der Waals surface area contributed by atoms with Crippen LogP contribution in [0.2, 0.25) is 0 Å². The molecule has 2 nitrogen and oxygen atoms in total.